The van der Waals surface area contributed by atoms with Gasteiger partial charge in [-0.25, -0.2) is 4.68 Å². The number of carbonyl (C=O) groups is 1. The lowest BCUT2D eigenvalue weighted by Gasteiger charge is -2.02. The van der Waals surface area contributed by atoms with Crippen LogP contribution in [0.3, 0.4) is 0 Å². The number of unbranched alkanes of at least 4 members (excludes halogenated alkanes) is 1. The summed E-state index contributed by atoms with van der Waals surface area (Å²) in [6.45, 7) is 1.30. The van der Waals surface area contributed by atoms with Crippen molar-refractivity contribution in [3.05, 3.63) is 48.3 Å². The molecule has 1 aromatic carbocycles. The normalized spacial score (nSPS) is 10.4. The Hall–Kier alpha value is -2.14. The highest BCUT2D eigenvalue weighted by Crippen LogP contribution is 2.07. The number of carbonyl (C=O) groups excluding carboxylic acids is 1. The van der Waals surface area contributed by atoms with Gasteiger partial charge in [0.2, 0.25) is 0 Å². The van der Waals surface area contributed by atoms with E-state index in [9.17, 15) is 4.79 Å². The van der Waals surface area contributed by atoms with E-state index in [1.807, 2.05) is 30.3 Å². The molecule has 0 fully saturated rings. The van der Waals surface area contributed by atoms with Crippen LogP contribution >= 0.6 is 0 Å². The van der Waals surface area contributed by atoms with E-state index in [-0.39, 0.29) is 5.91 Å². The van der Waals surface area contributed by atoms with Crippen molar-refractivity contribution in [2.75, 3.05) is 13.1 Å². The van der Waals surface area contributed by atoms with Crippen LogP contribution in [0.2, 0.25) is 0 Å². The molecule has 0 spiro atoms. The van der Waals surface area contributed by atoms with E-state index < -0.39 is 0 Å². The second-order valence-electron chi connectivity index (χ2n) is 4.26. The summed E-state index contributed by atoms with van der Waals surface area (Å²) in [7, 11) is 0. The smallest absolute Gasteiger partial charge is 0.254 e. The summed E-state index contributed by atoms with van der Waals surface area (Å²) >= 11 is 0. The molecule has 100 valence electrons. The third-order valence-electron chi connectivity index (χ3n) is 2.78. The highest BCUT2D eigenvalue weighted by molar-refractivity contribution is 5.93. The molecule has 0 unspecified atom stereocenters. The van der Waals surface area contributed by atoms with Crippen LogP contribution in [-0.4, -0.2) is 28.8 Å². The van der Waals surface area contributed by atoms with E-state index in [1.165, 1.54) is 0 Å². The largest absolute Gasteiger partial charge is 0.352 e. The molecule has 5 nitrogen and oxygen atoms in total. The maximum atomic E-state index is 11.9. The van der Waals surface area contributed by atoms with E-state index in [1.54, 1.807) is 17.1 Å². The van der Waals surface area contributed by atoms with Crippen molar-refractivity contribution in [2.24, 2.45) is 5.73 Å². The number of rotatable bonds is 6. The maximum absolute atomic E-state index is 11.9. The number of nitrogens with zero attached hydrogens (tertiary/aromatic N) is 2. The highest BCUT2D eigenvalue weighted by atomic mass is 16.1. The van der Waals surface area contributed by atoms with Gasteiger partial charge in [-0.2, -0.15) is 5.10 Å². The number of nitrogens with one attached hydrogen (secondary N) is 1. The van der Waals surface area contributed by atoms with Gasteiger partial charge in [0.05, 0.1) is 17.4 Å². The molecule has 0 atom stereocenters. The number of amides is 1. The Bertz CT molecular complexity index is 521. The van der Waals surface area contributed by atoms with E-state index >= 15 is 0 Å². The standard InChI is InChI=1S/C14H18N4O/c15-8-4-5-9-16-14(19)12-10-17-18(11-12)13-6-2-1-3-7-13/h1-3,6-7,10-11H,4-5,8-9,15H2,(H,16,19). The first kappa shape index (κ1) is 13.3. The fraction of sp³-hybridized carbons (Fsp3) is 0.286. The molecule has 0 aliphatic rings. The lowest BCUT2D eigenvalue weighted by Crippen LogP contribution is -2.24. The fourth-order valence-electron chi connectivity index (χ4n) is 1.74. The van der Waals surface area contributed by atoms with Crippen molar-refractivity contribution in [1.29, 1.82) is 0 Å². The molecule has 1 aromatic heterocycles. The highest BCUT2D eigenvalue weighted by Gasteiger charge is 2.08. The second kappa shape index (κ2) is 6.70. The molecule has 2 rings (SSSR count). The molecular weight excluding hydrogens is 240 g/mol. The molecule has 19 heavy (non-hydrogen) atoms. The quantitative estimate of drug-likeness (QED) is 0.768. The molecule has 5 heteroatoms. The lowest BCUT2D eigenvalue weighted by atomic mass is 10.3. The van der Waals surface area contributed by atoms with Crippen LogP contribution in [0.5, 0.6) is 0 Å². The van der Waals surface area contributed by atoms with Gasteiger partial charge in [0.15, 0.2) is 0 Å². The van der Waals surface area contributed by atoms with Crippen LogP contribution in [0.15, 0.2) is 42.7 Å². The average molecular weight is 258 g/mol. The van der Waals surface area contributed by atoms with Crippen molar-refractivity contribution in [3.8, 4) is 5.69 Å². The zero-order valence-electron chi connectivity index (χ0n) is 10.7. The predicted octanol–water partition coefficient (Wildman–Crippen LogP) is 1.34. The Morgan fingerprint density at radius 3 is 2.79 bits per heavy atom. The van der Waals surface area contributed by atoms with Gasteiger partial charge >= 0.3 is 0 Å². The average Bonchev–Trinajstić information content (AvgIpc) is 2.94. The Morgan fingerprint density at radius 2 is 2.05 bits per heavy atom. The van der Waals surface area contributed by atoms with Gasteiger partial charge in [-0.15, -0.1) is 0 Å². The predicted molar refractivity (Wildman–Crippen MR) is 74.2 cm³/mol. The molecule has 0 saturated carbocycles. The van der Waals surface area contributed by atoms with Gasteiger partial charge in [-0.3, -0.25) is 4.79 Å². The minimum Gasteiger partial charge on any atom is -0.352 e. The van der Waals surface area contributed by atoms with Gasteiger partial charge in [0.1, 0.15) is 0 Å². The Labute approximate surface area is 112 Å². The summed E-state index contributed by atoms with van der Waals surface area (Å²) in [6, 6.07) is 9.69. The maximum Gasteiger partial charge on any atom is 0.254 e. The van der Waals surface area contributed by atoms with Gasteiger partial charge in [0, 0.05) is 12.7 Å². The van der Waals surface area contributed by atoms with Crippen molar-refractivity contribution in [1.82, 2.24) is 15.1 Å². The molecule has 1 amide bonds. The lowest BCUT2D eigenvalue weighted by molar-refractivity contribution is 0.0953. The van der Waals surface area contributed by atoms with Crippen LogP contribution in [0.4, 0.5) is 0 Å². The topological polar surface area (TPSA) is 72.9 Å². The SMILES string of the molecule is NCCCCNC(=O)c1cnn(-c2ccccc2)c1. The number of hydrogen-bond acceptors (Lipinski definition) is 3. The second-order valence-corrected chi connectivity index (χ2v) is 4.26. The van der Waals surface area contributed by atoms with Gasteiger partial charge in [-0.05, 0) is 31.5 Å². The van der Waals surface area contributed by atoms with Gasteiger partial charge in [0.25, 0.3) is 5.91 Å². The van der Waals surface area contributed by atoms with Gasteiger partial charge in [-0.1, -0.05) is 18.2 Å². The molecule has 0 bridgehead atoms. The van der Waals surface area contributed by atoms with Crippen LogP contribution < -0.4 is 11.1 Å². The summed E-state index contributed by atoms with van der Waals surface area (Å²) in [5.41, 5.74) is 6.90. The first-order chi connectivity index (χ1) is 9.31. The molecular formula is C14H18N4O. The molecule has 0 radical (unpaired) electrons. The number of hydrogen-bond donors (Lipinski definition) is 2. The van der Waals surface area contributed by atoms with Crippen LogP contribution in [0.1, 0.15) is 23.2 Å². The van der Waals surface area contributed by atoms with Crippen LogP contribution in [-0.2, 0) is 0 Å². The molecule has 2 aromatic rings. The first-order valence-corrected chi connectivity index (χ1v) is 6.39. The van der Waals surface area contributed by atoms with E-state index in [0.29, 0.717) is 18.7 Å². The van der Waals surface area contributed by atoms with Crippen LogP contribution in [0.25, 0.3) is 5.69 Å². The molecule has 1 heterocycles. The summed E-state index contributed by atoms with van der Waals surface area (Å²) < 4.78 is 1.69. The number of nitrogens with two attached hydrogens (primary N) is 1. The van der Waals surface area contributed by atoms with Crippen molar-refractivity contribution < 1.29 is 4.79 Å². The molecule has 0 aliphatic heterocycles. The minimum atomic E-state index is -0.0980. The fourth-order valence-corrected chi connectivity index (χ4v) is 1.74. The minimum absolute atomic E-state index is 0.0980. The van der Waals surface area contributed by atoms with Crippen molar-refractivity contribution >= 4 is 5.91 Å². The first-order valence-electron chi connectivity index (χ1n) is 6.39. The van der Waals surface area contributed by atoms with E-state index in [4.69, 9.17) is 5.73 Å². The zero-order valence-corrected chi connectivity index (χ0v) is 10.7. The third kappa shape index (κ3) is 3.66. The number of aromatic nitrogens is 2. The van der Waals surface area contributed by atoms with Gasteiger partial charge < -0.3 is 11.1 Å². The molecule has 3 N–H and O–H groups in total. The Balaban J connectivity index is 1.95. The van der Waals surface area contributed by atoms with Crippen LogP contribution in [0, 0.1) is 0 Å². The van der Waals surface area contributed by atoms with E-state index in [2.05, 4.69) is 10.4 Å². The third-order valence-corrected chi connectivity index (χ3v) is 2.78. The summed E-state index contributed by atoms with van der Waals surface area (Å²) in [5, 5.41) is 7.04. The monoisotopic (exact) mass is 258 g/mol. The Morgan fingerprint density at radius 1 is 1.26 bits per heavy atom. The molecule has 0 aliphatic carbocycles. The van der Waals surface area contributed by atoms with Crippen molar-refractivity contribution in [2.45, 2.75) is 12.8 Å². The van der Waals surface area contributed by atoms with E-state index in [0.717, 1.165) is 18.5 Å². The Kier molecular flexibility index (Phi) is 4.69. The summed E-state index contributed by atoms with van der Waals surface area (Å²) in [4.78, 5) is 11.9. The number of para-hydroxylation sites is 1. The zero-order chi connectivity index (χ0) is 13.5. The summed E-state index contributed by atoms with van der Waals surface area (Å²) in [5.74, 6) is -0.0980. The number of benzene rings is 1. The van der Waals surface area contributed by atoms with Crippen molar-refractivity contribution in [3.63, 3.8) is 0 Å². The molecule has 0 saturated heterocycles. The summed E-state index contributed by atoms with van der Waals surface area (Å²) in [6.07, 6.45) is 5.12.